The van der Waals surface area contributed by atoms with Crippen LogP contribution in [0.15, 0.2) is 24.3 Å². The van der Waals surface area contributed by atoms with E-state index in [1.54, 1.807) is 12.1 Å². The number of rotatable bonds is 9. The topological polar surface area (TPSA) is 116 Å². The van der Waals surface area contributed by atoms with Gasteiger partial charge in [-0.1, -0.05) is 31.5 Å². The lowest BCUT2D eigenvalue weighted by atomic mass is 10.0. The summed E-state index contributed by atoms with van der Waals surface area (Å²) in [6.45, 7) is 3.53. The molecule has 0 radical (unpaired) electrons. The van der Waals surface area contributed by atoms with E-state index in [4.69, 9.17) is 16.7 Å². The predicted molar refractivity (Wildman–Crippen MR) is 89.2 cm³/mol. The molecule has 1 rings (SSSR count). The Morgan fingerprint density at radius 1 is 1.12 bits per heavy atom. The smallest absolute Gasteiger partial charge is 0.327 e. The predicted octanol–water partition coefficient (Wildman–Crippen LogP) is 1.61. The summed E-state index contributed by atoms with van der Waals surface area (Å²) < 4.78 is 0. The van der Waals surface area contributed by atoms with Crippen molar-refractivity contribution in [1.29, 1.82) is 0 Å². The molecule has 0 aromatic heterocycles. The number of amides is 1. The number of aliphatic carboxylic acids is 2. The Morgan fingerprint density at radius 3 is 2.25 bits per heavy atom. The molecule has 0 saturated carbocycles. The summed E-state index contributed by atoms with van der Waals surface area (Å²) in [6, 6.07) is 3.96. The summed E-state index contributed by atoms with van der Waals surface area (Å²) in [6.07, 6.45) is 0.351. The molecule has 0 aliphatic heterocycles. The molecule has 1 amide bonds. The minimum atomic E-state index is -1.26. The van der Waals surface area contributed by atoms with Crippen molar-refractivity contribution in [1.82, 2.24) is 10.6 Å². The third kappa shape index (κ3) is 6.55. The molecule has 0 spiro atoms. The second-order valence-electron chi connectivity index (χ2n) is 5.80. The van der Waals surface area contributed by atoms with Crippen LogP contribution in [0.3, 0.4) is 0 Å². The first-order valence-electron chi connectivity index (χ1n) is 7.46. The van der Waals surface area contributed by atoms with Gasteiger partial charge in [0.2, 0.25) is 0 Å². The maximum Gasteiger partial charge on any atom is 0.327 e. The lowest BCUT2D eigenvalue weighted by Gasteiger charge is -2.20. The van der Waals surface area contributed by atoms with Crippen molar-refractivity contribution in [3.63, 3.8) is 0 Å². The lowest BCUT2D eigenvalue weighted by Crippen LogP contribution is -2.51. The molecule has 2 unspecified atom stereocenters. The number of carboxylic acid groups (broad SMARTS) is 2. The first-order chi connectivity index (χ1) is 11.2. The molecule has 4 N–H and O–H groups in total. The Morgan fingerprint density at radius 2 is 1.75 bits per heavy atom. The SMILES string of the molecule is CC(C)CC(NCC(NC(=O)c1cccc(Cl)c1)C(=O)O)C(=O)O. The molecule has 2 atom stereocenters. The highest BCUT2D eigenvalue weighted by molar-refractivity contribution is 6.31. The van der Waals surface area contributed by atoms with Crippen molar-refractivity contribution in [2.45, 2.75) is 32.4 Å². The number of carboxylic acids is 2. The molecular formula is C16H21ClN2O5. The van der Waals surface area contributed by atoms with Gasteiger partial charge in [0.1, 0.15) is 12.1 Å². The second-order valence-corrected chi connectivity index (χ2v) is 6.24. The number of nitrogens with one attached hydrogen (secondary N) is 2. The number of benzene rings is 1. The Hall–Kier alpha value is -2.12. The van der Waals surface area contributed by atoms with Gasteiger partial charge in [0.15, 0.2) is 0 Å². The fourth-order valence-electron chi connectivity index (χ4n) is 2.07. The van der Waals surface area contributed by atoms with E-state index in [0.29, 0.717) is 11.4 Å². The van der Waals surface area contributed by atoms with Crippen molar-refractivity contribution in [2.75, 3.05) is 6.54 Å². The third-order valence-electron chi connectivity index (χ3n) is 3.26. The van der Waals surface area contributed by atoms with E-state index in [1.165, 1.54) is 12.1 Å². The molecule has 132 valence electrons. The van der Waals surface area contributed by atoms with Crippen LogP contribution in [0.2, 0.25) is 5.02 Å². The molecule has 0 heterocycles. The molecule has 24 heavy (non-hydrogen) atoms. The van der Waals surface area contributed by atoms with Crippen LogP contribution in [-0.2, 0) is 9.59 Å². The average Bonchev–Trinajstić information content (AvgIpc) is 2.48. The number of hydrogen-bond acceptors (Lipinski definition) is 4. The molecule has 1 aromatic rings. The van der Waals surface area contributed by atoms with E-state index in [1.807, 2.05) is 13.8 Å². The van der Waals surface area contributed by atoms with E-state index in [0.717, 1.165) is 0 Å². The van der Waals surface area contributed by atoms with Crippen LogP contribution < -0.4 is 10.6 Å². The lowest BCUT2D eigenvalue weighted by molar-refractivity contribution is -0.142. The number of halogens is 1. The van der Waals surface area contributed by atoms with Crippen LogP contribution >= 0.6 is 11.6 Å². The second kappa shape index (κ2) is 9.24. The molecule has 0 aliphatic rings. The molecule has 0 aliphatic carbocycles. The Kier molecular flexibility index (Phi) is 7.67. The van der Waals surface area contributed by atoms with Gasteiger partial charge < -0.3 is 20.8 Å². The standard InChI is InChI=1S/C16H21ClN2O5/c1-9(2)6-12(15(21)22)18-8-13(16(23)24)19-14(20)10-4-3-5-11(17)7-10/h3-5,7,9,12-13,18H,6,8H2,1-2H3,(H,19,20)(H,21,22)(H,23,24). The summed E-state index contributed by atoms with van der Waals surface area (Å²) in [4.78, 5) is 34.6. The summed E-state index contributed by atoms with van der Waals surface area (Å²) >= 11 is 5.80. The summed E-state index contributed by atoms with van der Waals surface area (Å²) in [7, 11) is 0. The van der Waals surface area contributed by atoms with Gasteiger partial charge in [-0.3, -0.25) is 9.59 Å². The van der Waals surface area contributed by atoms with Crippen LogP contribution in [0.5, 0.6) is 0 Å². The molecular weight excluding hydrogens is 336 g/mol. The van der Waals surface area contributed by atoms with Gasteiger partial charge in [-0.05, 0) is 30.5 Å². The normalized spacial score (nSPS) is 13.3. The molecule has 0 saturated heterocycles. The Bertz CT molecular complexity index is 606. The third-order valence-corrected chi connectivity index (χ3v) is 3.50. The monoisotopic (exact) mass is 356 g/mol. The Labute approximate surface area is 145 Å². The number of hydrogen-bond donors (Lipinski definition) is 4. The van der Waals surface area contributed by atoms with Crippen LogP contribution in [0, 0.1) is 5.92 Å². The largest absolute Gasteiger partial charge is 0.480 e. The quantitative estimate of drug-likeness (QED) is 0.534. The van der Waals surface area contributed by atoms with Gasteiger partial charge in [0.25, 0.3) is 5.91 Å². The van der Waals surface area contributed by atoms with Crippen LogP contribution in [0.4, 0.5) is 0 Å². The fraction of sp³-hybridized carbons (Fsp3) is 0.438. The maximum absolute atomic E-state index is 12.1. The summed E-state index contributed by atoms with van der Waals surface area (Å²) in [5, 5.41) is 23.8. The van der Waals surface area contributed by atoms with Crippen LogP contribution in [0.1, 0.15) is 30.6 Å². The van der Waals surface area contributed by atoms with Gasteiger partial charge in [0.05, 0.1) is 0 Å². The molecule has 0 bridgehead atoms. The molecule has 8 heteroatoms. The zero-order valence-corrected chi connectivity index (χ0v) is 14.2. The first-order valence-corrected chi connectivity index (χ1v) is 7.84. The maximum atomic E-state index is 12.1. The van der Waals surface area contributed by atoms with E-state index in [9.17, 15) is 19.5 Å². The van der Waals surface area contributed by atoms with Gasteiger partial charge >= 0.3 is 11.9 Å². The summed E-state index contributed by atoms with van der Waals surface area (Å²) in [5.74, 6) is -2.79. The average molecular weight is 357 g/mol. The highest BCUT2D eigenvalue weighted by atomic mass is 35.5. The highest BCUT2D eigenvalue weighted by Crippen LogP contribution is 2.11. The minimum Gasteiger partial charge on any atom is -0.480 e. The van der Waals surface area contributed by atoms with Gasteiger partial charge in [-0.2, -0.15) is 0 Å². The zero-order valence-electron chi connectivity index (χ0n) is 13.5. The number of carbonyl (C=O) groups excluding carboxylic acids is 1. The molecule has 7 nitrogen and oxygen atoms in total. The van der Waals surface area contributed by atoms with Gasteiger partial charge in [-0.25, -0.2) is 4.79 Å². The minimum absolute atomic E-state index is 0.128. The first kappa shape index (κ1) is 19.9. The van der Waals surface area contributed by atoms with E-state index < -0.39 is 29.9 Å². The van der Waals surface area contributed by atoms with E-state index in [2.05, 4.69) is 10.6 Å². The van der Waals surface area contributed by atoms with Gasteiger partial charge in [0, 0.05) is 17.1 Å². The fourth-order valence-corrected chi connectivity index (χ4v) is 2.26. The van der Waals surface area contributed by atoms with E-state index >= 15 is 0 Å². The van der Waals surface area contributed by atoms with Crippen molar-refractivity contribution in [2.24, 2.45) is 5.92 Å². The van der Waals surface area contributed by atoms with Crippen LogP contribution in [-0.4, -0.2) is 46.7 Å². The molecule has 0 fully saturated rings. The van der Waals surface area contributed by atoms with Crippen molar-refractivity contribution in [3.05, 3.63) is 34.9 Å². The highest BCUT2D eigenvalue weighted by Gasteiger charge is 2.25. The van der Waals surface area contributed by atoms with E-state index in [-0.39, 0.29) is 18.0 Å². The molecule has 1 aromatic carbocycles. The van der Waals surface area contributed by atoms with Crippen molar-refractivity contribution >= 4 is 29.4 Å². The van der Waals surface area contributed by atoms with Crippen molar-refractivity contribution < 1.29 is 24.6 Å². The Balaban J connectivity index is 2.71. The van der Waals surface area contributed by atoms with Crippen LogP contribution in [0.25, 0.3) is 0 Å². The number of carbonyl (C=O) groups is 3. The van der Waals surface area contributed by atoms with Gasteiger partial charge in [-0.15, -0.1) is 0 Å². The van der Waals surface area contributed by atoms with Crippen molar-refractivity contribution in [3.8, 4) is 0 Å². The zero-order chi connectivity index (χ0) is 18.3. The summed E-state index contributed by atoms with van der Waals surface area (Å²) in [5.41, 5.74) is 0.228.